The van der Waals surface area contributed by atoms with Crippen LogP contribution >= 0.6 is 0 Å². The number of aromatic nitrogens is 2. The van der Waals surface area contributed by atoms with E-state index in [1.807, 2.05) is 30.3 Å². The van der Waals surface area contributed by atoms with E-state index in [1.54, 1.807) is 6.20 Å². The molecule has 1 radical (unpaired) electrons. The van der Waals surface area contributed by atoms with Crippen LogP contribution < -0.4 is 10.2 Å². The van der Waals surface area contributed by atoms with Crippen LogP contribution in [0.2, 0.25) is 0 Å². The van der Waals surface area contributed by atoms with Gasteiger partial charge in [0.05, 0.1) is 5.69 Å². The number of benzene rings is 2. The Kier molecular flexibility index (Phi) is 6.60. The topological polar surface area (TPSA) is 44.3 Å². The van der Waals surface area contributed by atoms with Crippen LogP contribution in [0.3, 0.4) is 0 Å². The number of piperazine rings is 1. The van der Waals surface area contributed by atoms with Crippen molar-refractivity contribution in [2.75, 3.05) is 42.9 Å². The first-order valence-electron chi connectivity index (χ1n) is 10.8. The highest BCUT2D eigenvalue weighted by Gasteiger charge is 2.17. The summed E-state index contributed by atoms with van der Waals surface area (Å²) in [7, 11) is 0. The zero-order chi connectivity index (χ0) is 20.8. The molecule has 155 valence electrons. The molecule has 0 unspecified atom stereocenters. The number of hydrogen-bond donors (Lipinski definition) is 1. The Labute approximate surface area is 179 Å². The van der Waals surface area contributed by atoms with Crippen LogP contribution in [0, 0.1) is 12.0 Å². The zero-order valence-electron chi connectivity index (χ0n) is 17.9. The molecule has 5 nitrogen and oxygen atoms in total. The molecule has 1 fully saturated rings. The van der Waals surface area contributed by atoms with E-state index in [9.17, 15) is 0 Å². The average molecular weight is 401 g/mol. The van der Waals surface area contributed by atoms with Crippen molar-refractivity contribution < 1.29 is 0 Å². The normalized spacial score (nSPS) is 14.8. The Hall–Kier alpha value is -2.92. The summed E-state index contributed by atoms with van der Waals surface area (Å²) in [6.45, 7) is 10.2. The third kappa shape index (κ3) is 5.36. The summed E-state index contributed by atoms with van der Waals surface area (Å²) >= 11 is 0. The molecule has 3 aromatic rings. The highest BCUT2D eigenvalue weighted by atomic mass is 15.3. The molecule has 0 spiro atoms. The number of hydrogen-bond acceptors (Lipinski definition) is 5. The molecule has 0 bridgehead atoms. The number of anilines is 3. The Morgan fingerprint density at radius 3 is 2.60 bits per heavy atom. The maximum atomic E-state index is 4.67. The Morgan fingerprint density at radius 2 is 1.83 bits per heavy atom. The van der Waals surface area contributed by atoms with Gasteiger partial charge in [-0.2, -0.15) is 0 Å². The summed E-state index contributed by atoms with van der Waals surface area (Å²) in [6, 6.07) is 21.3. The molecule has 1 aromatic heterocycles. The van der Waals surface area contributed by atoms with Crippen molar-refractivity contribution in [3.05, 3.63) is 66.9 Å². The SMILES string of the molecule is CC(C)CCN1CCN(c2cccc(Nc3nccc(-c4cc[c]cc4)n3)c2)CC1. The number of nitrogens with zero attached hydrogens (tertiary/aromatic N) is 4. The van der Waals surface area contributed by atoms with E-state index in [0.29, 0.717) is 5.95 Å². The molecule has 1 aliphatic rings. The molecule has 4 rings (SSSR count). The van der Waals surface area contributed by atoms with Crippen LogP contribution in [0.4, 0.5) is 17.3 Å². The number of rotatable bonds is 7. The molecule has 1 N–H and O–H groups in total. The second-order valence-corrected chi connectivity index (χ2v) is 8.24. The smallest absolute Gasteiger partial charge is 0.227 e. The van der Waals surface area contributed by atoms with E-state index in [1.165, 1.54) is 18.7 Å². The van der Waals surface area contributed by atoms with Gasteiger partial charge in [-0.1, -0.05) is 44.2 Å². The monoisotopic (exact) mass is 400 g/mol. The fourth-order valence-electron chi connectivity index (χ4n) is 3.72. The van der Waals surface area contributed by atoms with Gasteiger partial charge in [0.2, 0.25) is 5.95 Å². The predicted octanol–water partition coefficient (Wildman–Crippen LogP) is 4.86. The van der Waals surface area contributed by atoms with Gasteiger partial charge in [-0.15, -0.1) is 0 Å². The molecule has 1 aliphatic heterocycles. The summed E-state index contributed by atoms with van der Waals surface area (Å²) in [6.07, 6.45) is 3.07. The predicted molar refractivity (Wildman–Crippen MR) is 124 cm³/mol. The van der Waals surface area contributed by atoms with Gasteiger partial charge in [-0.05, 0) is 49.2 Å². The van der Waals surface area contributed by atoms with Gasteiger partial charge in [-0.25, -0.2) is 9.97 Å². The third-order valence-electron chi connectivity index (χ3n) is 5.53. The van der Waals surface area contributed by atoms with Crippen LogP contribution in [0.25, 0.3) is 11.3 Å². The molecular weight excluding hydrogens is 370 g/mol. The molecule has 30 heavy (non-hydrogen) atoms. The molecule has 0 saturated carbocycles. The average Bonchev–Trinajstić information content (AvgIpc) is 2.79. The fraction of sp³-hybridized carbons (Fsp3) is 0.360. The van der Waals surface area contributed by atoms with Crippen LogP contribution in [0.15, 0.2) is 60.8 Å². The van der Waals surface area contributed by atoms with E-state index in [4.69, 9.17) is 0 Å². The van der Waals surface area contributed by atoms with Crippen molar-refractivity contribution >= 4 is 17.3 Å². The molecule has 2 aromatic carbocycles. The lowest BCUT2D eigenvalue weighted by molar-refractivity contribution is 0.244. The van der Waals surface area contributed by atoms with E-state index in [2.05, 4.69) is 69.3 Å². The van der Waals surface area contributed by atoms with Crippen molar-refractivity contribution in [1.82, 2.24) is 14.9 Å². The van der Waals surface area contributed by atoms with Crippen molar-refractivity contribution in [2.24, 2.45) is 5.92 Å². The minimum absolute atomic E-state index is 0.607. The first-order chi connectivity index (χ1) is 14.7. The first kappa shape index (κ1) is 20.4. The second kappa shape index (κ2) is 9.72. The number of nitrogens with one attached hydrogen (secondary N) is 1. The molecule has 0 atom stereocenters. The Balaban J connectivity index is 1.40. The van der Waals surface area contributed by atoms with E-state index >= 15 is 0 Å². The fourth-order valence-corrected chi connectivity index (χ4v) is 3.72. The molecule has 2 heterocycles. The summed E-state index contributed by atoms with van der Waals surface area (Å²) in [5.74, 6) is 1.38. The first-order valence-corrected chi connectivity index (χ1v) is 10.8. The summed E-state index contributed by atoms with van der Waals surface area (Å²) in [5.41, 5.74) is 4.21. The highest BCUT2D eigenvalue weighted by Crippen LogP contribution is 2.24. The molecule has 0 aliphatic carbocycles. The Morgan fingerprint density at radius 1 is 1.03 bits per heavy atom. The lowest BCUT2D eigenvalue weighted by Gasteiger charge is -2.36. The lowest BCUT2D eigenvalue weighted by atomic mass is 10.1. The van der Waals surface area contributed by atoms with Crippen molar-refractivity contribution in [2.45, 2.75) is 20.3 Å². The van der Waals surface area contributed by atoms with Gasteiger partial charge >= 0.3 is 0 Å². The van der Waals surface area contributed by atoms with Gasteiger partial charge in [-0.3, -0.25) is 4.90 Å². The highest BCUT2D eigenvalue weighted by molar-refractivity contribution is 5.64. The summed E-state index contributed by atoms with van der Waals surface area (Å²) < 4.78 is 0. The van der Waals surface area contributed by atoms with E-state index in [-0.39, 0.29) is 0 Å². The van der Waals surface area contributed by atoms with Gasteiger partial charge in [0.25, 0.3) is 0 Å². The lowest BCUT2D eigenvalue weighted by Crippen LogP contribution is -2.46. The third-order valence-corrected chi connectivity index (χ3v) is 5.53. The second-order valence-electron chi connectivity index (χ2n) is 8.24. The van der Waals surface area contributed by atoms with E-state index < -0.39 is 0 Å². The van der Waals surface area contributed by atoms with Crippen LogP contribution in [0.1, 0.15) is 20.3 Å². The largest absolute Gasteiger partial charge is 0.369 e. The van der Waals surface area contributed by atoms with Gasteiger partial charge in [0, 0.05) is 49.3 Å². The van der Waals surface area contributed by atoms with Crippen molar-refractivity contribution in [3.8, 4) is 11.3 Å². The zero-order valence-corrected chi connectivity index (χ0v) is 17.9. The van der Waals surface area contributed by atoms with Gasteiger partial charge in [0.15, 0.2) is 0 Å². The molecule has 5 heteroatoms. The minimum atomic E-state index is 0.607. The molecule has 1 saturated heterocycles. The maximum Gasteiger partial charge on any atom is 0.227 e. The van der Waals surface area contributed by atoms with E-state index in [0.717, 1.165) is 49.0 Å². The standard InChI is InChI=1S/C25H30N5/c1-20(2)12-14-29-15-17-30(18-16-29)23-10-6-9-22(19-23)27-25-26-13-11-24(28-25)21-7-4-3-5-8-21/h4-11,13,19-20H,12,14-18H2,1-2H3,(H,26,27,28). The Bertz CT molecular complexity index is 933. The van der Waals surface area contributed by atoms with Crippen LogP contribution in [0.5, 0.6) is 0 Å². The minimum Gasteiger partial charge on any atom is -0.369 e. The molecule has 0 amide bonds. The van der Waals surface area contributed by atoms with Crippen LogP contribution in [-0.4, -0.2) is 47.6 Å². The van der Waals surface area contributed by atoms with Crippen molar-refractivity contribution in [3.63, 3.8) is 0 Å². The van der Waals surface area contributed by atoms with Crippen LogP contribution in [-0.2, 0) is 0 Å². The van der Waals surface area contributed by atoms with Crippen molar-refractivity contribution in [1.29, 1.82) is 0 Å². The summed E-state index contributed by atoms with van der Waals surface area (Å²) in [4.78, 5) is 14.1. The quantitative estimate of drug-likeness (QED) is 0.614. The molecular formula is C25H30N5. The van der Waals surface area contributed by atoms with Gasteiger partial charge in [0.1, 0.15) is 0 Å². The van der Waals surface area contributed by atoms with Gasteiger partial charge < -0.3 is 10.2 Å². The summed E-state index contributed by atoms with van der Waals surface area (Å²) in [5, 5.41) is 3.37. The maximum absolute atomic E-state index is 4.67.